The molecule has 0 atom stereocenters. The summed E-state index contributed by atoms with van der Waals surface area (Å²) in [6.07, 6.45) is 0.241. The van der Waals surface area contributed by atoms with E-state index in [0.29, 0.717) is 12.4 Å². The van der Waals surface area contributed by atoms with Crippen molar-refractivity contribution < 1.29 is 9.32 Å². The van der Waals surface area contributed by atoms with E-state index in [1.54, 1.807) is 7.05 Å². The monoisotopic (exact) mass is 300 g/mol. The van der Waals surface area contributed by atoms with Crippen molar-refractivity contribution in [2.45, 2.75) is 19.9 Å². The molecule has 0 aliphatic carbocycles. The average Bonchev–Trinajstić information content (AvgIpc) is 2.86. The maximum Gasteiger partial charge on any atom is 0.442 e. The highest BCUT2D eigenvalue weighted by Gasteiger charge is 2.18. The van der Waals surface area contributed by atoms with Gasteiger partial charge in [-0.1, -0.05) is 29.4 Å². The number of hydrogen-bond acceptors (Lipinski definition) is 5. The zero-order valence-electron chi connectivity index (χ0n) is 12.4. The zero-order valence-corrected chi connectivity index (χ0v) is 12.4. The van der Waals surface area contributed by atoms with Crippen LogP contribution in [0, 0.1) is 18.3 Å². The molecule has 1 aromatic carbocycles. The Balaban J connectivity index is 2.28. The van der Waals surface area contributed by atoms with Crippen LogP contribution in [0.4, 0.5) is 0 Å². The summed E-state index contributed by atoms with van der Waals surface area (Å²) in [6.45, 7) is 2.03. The van der Waals surface area contributed by atoms with E-state index in [1.807, 2.05) is 37.3 Å². The molecule has 0 N–H and O–H groups in total. The lowest BCUT2D eigenvalue weighted by atomic mass is 10.1. The molecule has 7 heteroatoms. The summed E-state index contributed by atoms with van der Waals surface area (Å²) in [5.41, 5.74) is 1.66. The molecule has 1 aromatic heterocycles. The summed E-state index contributed by atoms with van der Waals surface area (Å²) in [5.74, 6) is -0.638. The molecule has 0 aliphatic rings. The number of carbonyl (C=O) groups is 1. The Labute approximate surface area is 127 Å². The van der Waals surface area contributed by atoms with Gasteiger partial charge in [0.25, 0.3) is 0 Å². The fourth-order valence-corrected chi connectivity index (χ4v) is 2.02. The van der Waals surface area contributed by atoms with Crippen LogP contribution in [0.25, 0.3) is 11.4 Å². The number of benzene rings is 1. The van der Waals surface area contributed by atoms with Crippen molar-refractivity contribution in [1.29, 1.82) is 5.26 Å². The minimum Gasteiger partial charge on any atom is -0.343 e. The molecule has 0 saturated heterocycles. The second-order valence-electron chi connectivity index (χ2n) is 4.90. The lowest BCUT2D eigenvalue weighted by molar-refractivity contribution is -0.130. The predicted octanol–water partition coefficient (Wildman–Crippen LogP) is 1.18. The van der Waals surface area contributed by atoms with E-state index in [-0.39, 0.29) is 18.9 Å². The van der Waals surface area contributed by atoms with Crippen LogP contribution in [0.5, 0.6) is 0 Å². The number of aromatic nitrogens is 2. The smallest absolute Gasteiger partial charge is 0.343 e. The van der Waals surface area contributed by atoms with Crippen LogP contribution in [0.3, 0.4) is 0 Å². The van der Waals surface area contributed by atoms with Crippen molar-refractivity contribution in [1.82, 2.24) is 14.6 Å². The number of hydrogen-bond donors (Lipinski definition) is 0. The summed E-state index contributed by atoms with van der Waals surface area (Å²) in [7, 11) is 1.59. The first-order chi connectivity index (χ1) is 10.5. The Kier molecular flexibility index (Phi) is 4.73. The second kappa shape index (κ2) is 6.72. The maximum atomic E-state index is 12.1. The topological polar surface area (TPSA) is 92.1 Å². The normalized spacial score (nSPS) is 10.2. The van der Waals surface area contributed by atoms with Gasteiger partial charge >= 0.3 is 5.76 Å². The van der Waals surface area contributed by atoms with Crippen LogP contribution in [0.1, 0.15) is 12.0 Å². The number of likely N-dealkylation sites (N-methyl/N-ethyl adjacent to an activating group) is 1. The van der Waals surface area contributed by atoms with E-state index in [0.717, 1.165) is 11.1 Å². The molecule has 0 radical (unpaired) electrons. The molecule has 0 unspecified atom stereocenters. The number of nitriles is 1. The summed E-state index contributed by atoms with van der Waals surface area (Å²) in [5, 5.41) is 12.3. The van der Waals surface area contributed by atoms with Gasteiger partial charge in [0, 0.05) is 19.2 Å². The van der Waals surface area contributed by atoms with Gasteiger partial charge < -0.3 is 4.90 Å². The van der Waals surface area contributed by atoms with Gasteiger partial charge in [0.15, 0.2) is 5.82 Å². The quantitative estimate of drug-likeness (QED) is 0.826. The highest BCUT2D eigenvalue weighted by atomic mass is 16.5. The molecule has 2 aromatic rings. The van der Waals surface area contributed by atoms with Gasteiger partial charge in [-0.15, -0.1) is 0 Å². The van der Waals surface area contributed by atoms with E-state index in [9.17, 15) is 9.59 Å². The third kappa shape index (κ3) is 3.23. The zero-order chi connectivity index (χ0) is 16.1. The molecule has 22 heavy (non-hydrogen) atoms. The first-order valence-electron chi connectivity index (χ1n) is 6.78. The van der Waals surface area contributed by atoms with Crippen LogP contribution in [-0.4, -0.2) is 34.1 Å². The van der Waals surface area contributed by atoms with E-state index in [2.05, 4.69) is 5.16 Å². The molecule has 7 nitrogen and oxygen atoms in total. The van der Waals surface area contributed by atoms with Crippen LogP contribution in [0.2, 0.25) is 0 Å². The highest BCUT2D eigenvalue weighted by Crippen LogP contribution is 2.20. The van der Waals surface area contributed by atoms with E-state index >= 15 is 0 Å². The van der Waals surface area contributed by atoms with Crippen LogP contribution >= 0.6 is 0 Å². The Morgan fingerprint density at radius 1 is 1.45 bits per heavy atom. The van der Waals surface area contributed by atoms with Gasteiger partial charge in [-0.05, 0) is 12.5 Å². The Bertz CT molecular complexity index is 770. The molecule has 0 bridgehead atoms. The molecule has 1 heterocycles. The fraction of sp³-hybridized carbons (Fsp3) is 0.333. The molecule has 114 valence electrons. The summed E-state index contributed by atoms with van der Waals surface area (Å²) < 4.78 is 5.90. The summed E-state index contributed by atoms with van der Waals surface area (Å²) >= 11 is 0. The molecule has 0 fully saturated rings. The van der Waals surface area contributed by atoms with Gasteiger partial charge in [-0.3, -0.25) is 9.32 Å². The van der Waals surface area contributed by atoms with Gasteiger partial charge in [0.05, 0.1) is 12.5 Å². The molecular formula is C15H16N4O3. The largest absolute Gasteiger partial charge is 0.442 e. The lowest BCUT2D eigenvalue weighted by Gasteiger charge is -2.15. The van der Waals surface area contributed by atoms with Crippen molar-refractivity contribution in [3.63, 3.8) is 0 Å². The molecule has 0 aliphatic heterocycles. The molecule has 0 spiro atoms. The number of rotatable bonds is 5. The minimum absolute atomic E-state index is 0.173. The Hall–Kier alpha value is -2.88. The summed E-state index contributed by atoms with van der Waals surface area (Å²) in [4.78, 5) is 25.3. The number of carbonyl (C=O) groups excluding carboxylic acids is 1. The van der Waals surface area contributed by atoms with E-state index in [4.69, 9.17) is 9.78 Å². The van der Waals surface area contributed by atoms with Crippen molar-refractivity contribution in [2.75, 3.05) is 13.6 Å². The number of nitrogens with zero attached hydrogens (tertiary/aromatic N) is 4. The number of amides is 1. The van der Waals surface area contributed by atoms with Crippen LogP contribution in [-0.2, 0) is 11.3 Å². The van der Waals surface area contributed by atoms with Gasteiger partial charge in [0.2, 0.25) is 5.91 Å². The standard InChI is InChI=1S/C15H16N4O3/c1-11-6-3-4-7-12(11)14-17-22-15(21)19(14)10-13(20)18(2)9-5-8-16/h3-4,6-7H,5,9-10H2,1-2H3. The minimum atomic E-state index is -0.680. The van der Waals surface area contributed by atoms with Crippen molar-refractivity contribution in [3.8, 4) is 17.5 Å². The highest BCUT2D eigenvalue weighted by molar-refractivity contribution is 5.76. The lowest BCUT2D eigenvalue weighted by Crippen LogP contribution is -2.33. The molecule has 1 amide bonds. The van der Waals surface area contributed by atoms with E-state index in [1.165, 1.54) is 9.47 Å². The third-order valence-corrected chi connectivity index (χ3v) is 3.35. The molecular weight excluding hydrogens is 284 g/mol. The van der Waals surface area contributed by atoms with Crippen molar-refractivity contribution in [3.05, 3.63) is 40.4 Å². The fourth-order valence-electron chi connectivity index (χ4n) is 2.02. The van der Waals surface area contributed by atoms with Crippen LogP contribution in [0.15, 0.2) is 33.6 Å². The van der Waals surface area contributed by atoms with Crippen molar-refractivity contribution >= 4 is 5.91 Å². The van der Waals surface area contributed by atoms with Gasteiger partial charge in [-0.2, -0.15) is 5.26 Å². The Morgan fingerprint density at radius 2 is 2.18 bits per heavy atom. The van der Waals surface area contributed by atoms with Crippen molar-refractivity contribution in [2.24, 2.45) is 0 Å². The SMILES string of the molecule is Cc1ccccc1-c1noc(=O)n1CC(=O)N(C)CCC#N. The number of aryl methyl sites for hydroxylation is 1. The first kappa shape index (κ1) is 15.5. The summed E-state index contributed by atoms with van der Waals surface area (Å²) in [6, 6.07) is 9.38. The predicted molar refractivity (Wildman–Crippen MR) is 78.8 cm³/mol. The van der Waals surface area contributed by atoms with Crippen LogP contribution < -0.4 is 5.76 Å². The maximum absolute atomic E-state index is 12.1. The average molecular weight is 300 g/mol. The first-order valence-corrected chi connectivity index (χ1v) is 6.78. The van der Waals surface area contributed by atoms with Gasteiger partial charge in [-0.25, -0.2) is 9.36 Å². The van der Waals surface area contributed by atoms with E-state index < -0.39 is 5.76 Å². The second-order valence-corrected chi connectivity index (χ2v) is 4.90. The molecule has 2 rings (SSSR count). The Morgan fingerprint density at radius 3 is 2.86 bits per heavy atom. The molecule has 0 saturated carbocycles. The van der Waals surface area contributed by atoms with Gasteiger partial charge in [0.1, 0.15) is 6.54 Å². The third-order valence-electron chi connectivity index (χ3n) is 3.35.